The van der Waals surface area contributed by atoms with Crippen LogP contribution in [0.15, 0.2) is 534 Å². The van der Waals surface area contributed by atoms with Crippen molar-refractivity contribution in [3.8, 4) is 111 Å². The minimum Gasteiger partial charge on any atom is -0.310 e. The molecule has 2 aliphatic heterocycles. The van der Waals surface area contributed by atoms with Crippen LogP contribution in [-0.2, 0) is 10.8 Å². The van der Waals surface area contributed by atoms with Gasteiger partial charge < -0.3 is 19.6 Å². The second-order valence-corrected chi connectivity index (χ2v) is 37.6. The third kappa shape index (κ3) is 13.4. The minimum atomic E-state index is -0.483. The van der Waals surface area contributed by atoms with Crippen molar-refractivity contribution in [3.05, 3.63) is 601 Å². The van der Waals surface area contributed by atoms with E-state index in [-0.39, 0.29) is 0 Å². The van der Waals surface area contributed by atoms with Crippen molar-refractivity contribution >= 4 is 92.6 Å². The summed E-state index contributed by atoms with van der Waals surface area (Å²) in [6.45, 7) is 0. The van der Waals surface area contributed by atoms with Crippen LogP contribution in [0.3, 0.4) is 0 Å². The number of fused-ring (bicyclic) bond motifs is 28. The van der Waals surface area contributed by atoms with Crippen molar-refractivity contribution in [2.45, 2.75) is 10.8 Å². The van der Waals surface area contributed by atoms with E-state index in [1.165, 1.54) is 178 Å². The monoisotopic (exact) mass is 1800 g/mol. The minimum absolute atomic E-state index is 0.448. The first-order chi connectivity index (χ1) is 70.5. The number of rotatable bonds is 12. The van der Waals surface area contributed by atoms with E-state index in [9.17, 15) is 0 Å². The zero-order valence-electron chi connectivity index (χ0n) is 77.9. The third-order valence-electron chi connectivity index (χ3n) is 30.1. The summed E-state index contributed by atoms with van der Waals surface area (Å²) < 4.78 is 0. The predicted molar refractivity (Wildman–Crippen MR) is 595 cm³/mol. The molecule has 0 aromatic heterocycles. The summed E-state index contributed by atoms with van der Waals surface area (Å²) in [4.78, 5) is 9.66. The highest BCUT2D eigenvalue weighted by Crippen LogP contribution is 2.64. The summed E-state index contributed by atoms with van der Waals surface area (Å²) in [6, 6.07) is 197. The maximum Gasteiger partial charge on any atom is 0.0725 e. The molecule has 0 radical (unpaired) electrons. The van der Waals surface area contributed by atoms with Crippen molar-refractivity contribution < 1.29 is 0 Å². The van der Waals surface area contributed by atoms with Crippen LogP contribution in [0.25, 0.3) is 136 Å². The van der Waals surface area contributed by atoms with Crippen LogP contribution in [0.5, 0.6) is 0 Å². The molecular weight excluding hydrogens is 1710 g/mol. The zero-order valence-corrected chi connectivity index (χ0v) is 77.9. The van der Waals surface area contributed by atoms with Crippen LogP contribution in [0, 0.1) is 0 Å². The molecule has 4 heteroatoms. The van der Waals surface area contributed by atoms with E-state index < -0.39 is 10.8 Å². The third-order valence-corrected chi connectivity index (χ3v) is 30.1. The lowest BCUT2D eigenvalue weighted by Gasteiger charge is -2.35. The highest BCUT2D eigenvalue weighted by atomic mass is 15.2. The van der Waals surface area contributed by atoms with E-state index in [4.69, 9.17) is 0 Å². The molecule has 28 rings (SSSR count). The Bertz CT molecular complexity index is 8660. The first-order valence-electron chi connectivity index (χ1n) is 49.2. The Labute approximate surface area is 828 Å². The lowest BCUT2D eigenvalue weighted by molar-refractivity contribution is 0.766. The normalized spacial score (nSPS) is 13.1. The molecular formula is C138H92N4. The smallest absolute Gasteiger partial charge is 0.0725 e. The maximum atomic E-state index is 2.43. The number of para-hydroxylation sites is 4. The first kappa shape index (κ1) is 82.9. The van der Waals surface area contributed by atoms with Gasteiger partial charge in [0.1, 0.15) is 0 Å². The molecule has 4 aliphatic carbocycles. The summed E-state index contributed by atoms with van der Waals surface area (Å²) in [5.41, 5.74) is 52.2. The average molecular weight is 1810 g/mol. The average Bonchev–Trinajstić information content (AvgIpc) is 1.53. The van der Waals surface area contributed by atoms with Gasteiger partial charge in [-0.3, -0.25) is 0 Å². The van der Waals surface area contributed by atoms with Gasteiger partial charge in [0.25, 0.3) is 0 Å². The number of anilines is 12. The SMILES string of the molecule is C1=Cc2ccccc2C2(c3ccccc31)c1ccccc1-c1c(-c3ccc(N(c4ccc(-c5ccccc5)cc4)c4ccc5c(c4)-c4ccccc4-c4ccccc4N5c4ccccc4)cc3)cccc12.C1=Cc2ccccc2C2(c3ccccc31)c1ccccc1-c1cc(-c3ccc(N(c4ccc(-c5ccccc5)cc4)c4ccc5c(c4)-c4ccccc4-c4ccccc4N5c4ccccc4)cc3)ccc12. The van der Waals surface area contributed by atoms with Gasteiger partial charge >= 0.3 is 0 Å². The van der Waals surface area contributed by atoms with Gasteiger partial charge in [-0.15, -0.1) is 0 Å². The van der Waals surface area contributed by atoms with Crippen molar-refractivity contribution in [3.63, 3.8) is 0 Å². The van der Waals surface area contributed by atoms with Gasteiger partial charge in [0.15, 0.2) is 0 Å². The number of hydrogen-bond acceptors (Lipinski definition) is 4. The molecule has 0 saturated heterocycles. The molecule has 0 saturated carbocycles. The Morgan fingerprint density at radius 1 is 0.141 bits per heavy atom. The van der Waals surface area contributed by atoms with Crippen LogP contribution in [-0.4, -0.2) is 0 Å². The van der Waals surface area contributed by atoms with Crippen LogP contribution in [0.1, 0.15) is 66.8 Å². The largest absolute Gasteiger partial charge is 0.310 e. The highest BCUT2D eigenvalue weighted by Gasteiger charge is 2.51. The highest BCUT2D eigenvalue weighted by molar-refractivity contribution is 6.07. The summed E-state index contributed by atoms with van der Waals surface area (Å²) in [5.74, 6) is 0. The molecule has 2 spiro atoms. The van der Waals surface area contributed by atoms with E-state index in [0.29, 0.717) is 0 Å². The first-order valence-corrected chi connectivity index (χ1v) is 49.2. The summed E-state index contributed by atoms with van der Waals surface area (Å²) in [7, 11) is 0. The molecule has 6 aliphatic rings. The lowest BCUT2D eigenvalue weighted by atomic mass is 9.66. The fraction of sp³-hybridized carbons (Fsp3) is 0.0145. The van der Waals surface area contributed by atoms with Crippen LogP contribution < -0.4 is 19.6 Å². The standard InChI is InChI=1S/2C69H46N2/c1-3-18-47(19-4-1)48-36-40-53(41-37-48)70(55-44-45-67-61(46-55)58-25-10-9-24-57(58)59-26-12-16-33-66(59)71(67)52-22-5-2-6-23-52)54-42-38-49(39-43-54)56-28-17-32-65-68(56)60-27-11-15-31-64(60)69(65)62-29-13-7-20-50(62)34-35-51-21-8-14-30-63(51)69;1-3-17-47(18-4-1)48-33-38-54(39-34-48)70(56-42-44-68-62(46-56)58-24-10-9-23-57(58)60-26-12-16-30-67(60)71(68)53-21-5-2-6-22-53)55-40-35-49(36-41-55)52-37-43-66-61(45-52)59-25-11-15-29-65(59)69(66)63-27-13-7-19-50(63)31-32-51-20-8-14-28-64(51)69/h2*1-46H. The van der Waals surface area contributed by atoms with Gasteiger partial charge in [-0.05, 0) is 283 Å². The Balaban J connectivity index is 0.000000142. The zero-order chi connectivity index (χ0) is 93.8. The topological polar surface area (TPSA) is 13.0 Å². The Hall–Kier alpha value is -18.5. The van der Waals surface area contributed by atoms with E-state index in [1.54, 1.807) is 0 Å². The second kappa shape index (κ2) is 34.3. The molecule has 0 unspecified atom stereocenters. The van der Waals surface area contributed by atoms with E-state index in [1.807, 2.05) is 0 Å². The van der Waals surface area contributed by atoms with Crippen LogP contribution in [0.2, 0.25) is 0 Å². The van der Waals surface area contributed by atoms with E-state index >= 15 is 0 Å². The molecule has 0 amide bonds. The molecule has 22 aromatic carbocycles. The molecule has 0 N–H and O–H groups in total. The van der Waals surface area contributed by atoms with Gasteiger partial charge in [-0.2, -0.15) is 0 Å². The maximum absolute atomic E-state index is 2.43. The number of benzene rings is 22. The molecule has 0 atom stereocenters. The van der Waals surface area contributed by atoms with E-state index in [2.05, 4.69) is 578 Å². The van der Waals surface area contributed by atoms with Gasteiger partial charge in [0, 0.05) is 67.8 Å². The quantitative estimate of drug-likeness (QED) is 0.121. The number of nitrogens with zero attached hydrogens (tertiary/aromatic N) is 4. The molecule has 0 fully saturated rings. The summed E-state index contributed by atoms with van der Waals surface area (Å²) in [5, 5.41) is 0. The molecule has 2 heterocycles. The second-order valence-electron chi connectivity index (χ2n) is 37.6. The van der Waals surface area contributed by atoms with E-state index in [0.717, 1.165) is 68.2 Å². The van der Waals surface area contributed by atoms with Gasteiger partial charge in [-0.25, -0.2) is 0 Å². The van der Waals surface area contributed by atoms with Crippen molar-refractivity contribution in [1.29, 1.82) is 0 Å². The Morgan fingerprint density at radius 2 is 0.408 bits per heavy atom. The van der Waals surface area contributed by atoms with Crippen molar-refractivity contribution in [2.75, 3.05) is 19.6 Å². The predicted octanol–water partition coefficient (Wildman–Crippen LogP) is 36.9. The molecule has 0 bridgehead atoms. The summed E-state index contributed by atoms with van der Waals surface area (Å²) in [6.07, 6.45) is 9.19. The number of hydrogen-bond donors (Lipinski definition) is 0. The molecule has 4 nitrogen and oxygen atoms in total. The fourth-order valence-electron chi connectivity index (χ4n) is 23.9. The molecule has 664 valence electrons. The fourth-order valence-corrected chi connectivity index (χ4v) is 23.9. The molecule has 142 heavy (non-hydrogen) atoms. The van der Waals surface area contributed by atoms with Gasteiger partial charge in [-0.1, -0.05) is 431 Å². The molecule has 22 aromatic rings. The van der Waals surface area contributed by atoms with Gasteiger partial charge in [0.05, 0.1) is 33.6 Å². The van der Waals surface area contributed by atoms with Crippen LogP contribution in [0.4, 0.5) is 68.2 Å². The Morgan fingerprint density at radius 3 is 0.824 bits per heavy atom. The van der Waals surface area contributed by atoms with Gasteiger partial charge in [0.2, 0.25) is 0 Å². The van der Waals surface area contributed by atoms with Crippen molar-refractivity contribution in [1.82, 2.24) is 0 Å². The lowest BCUT2D eigenvalue weighted by Crippen LogP contribution is -2.29. The van der Waals surface area contributed by atoms with Crippen LogP contribution >= 0.6 is 0 Å². The Kier molecular flexibility index (Phi) is 20.1. The van der Waals surface area contributed by atoms with Crippen molar-refractivity contribution in [2.24, 2.45) is 0 Å². The summed E-state index contributed by atoms with van der Waals surface area (Å²) >= 11 is 0.